The highest BCUT2D eigenvalue weighted by molar-refractivity contribution is 7.15. The molecule has 0 saturated heterocycles. The van der Waals surface area contributed by atoms with E-state index in [1.807, 2.05) is 19.1 Å². The molecule has 4 heterocycles. The Morgan fingerprint density at radius 2 is 1.44 bits per heavy atom. The fourth-order valence-corrected chi connectivity index (χ4v) is 6.20. The quantitative estimate of drug-likeness (QED) is 0.292. The molecule has 0 aliphatic heterocycles. The van der Waals surface area contributed by atoms with Crippen LogP contribution in [0.3, 0.4) is 0 Å². The summed E-state index contributed by atoms with van der Waals surface area (Å²) in [5, 5.41) is 25.5. The first-order valence-corrected chi connectivity index (χ1v) is 14.1. The van der Waals surface area contributed by atoms with Crippen LogP contribution in [0.1, 0.15) is 64.5 Å². The molecule has 1 aliphatic carbocycles. The second-order valence-corrected chi connectivity index (χ2v) is 11.4. The van der Waals surface area contributed by atoms with E-state index in [2.05, 4.69) is 45.8 Å². The van der Waals surface area contributed by atoms with Crippen LogP contribution in [0.4, 0.5) is 16.0 Å². The van der Waals surface area contributed by atoms with Crippen LogP contribution in [0, 0.1) is 13.5 Å². The van der Waals surface area contributed by atoms with Crippen molar-refractivity contribution in [3.8, 4) is 0 Å². The van der Waals surface area contributed by atoms with E-state index >= 15 is 0 Å². The Labute approximate surface area is 233 Å². The van der Waals surface area contributed by atoms with Gasteiger partial charge in [0.05, 0.1) is 19.4 Å². The standard InChI is InChI=1S/C26H25N9O2S2/c1-15-6-7-18(28-13-15)11-21(36)30-25-34-32-23(38-25)16-4-3-5-17(10-16)24-33-35-26(39-24)31-22(37)12-19-8-9-20(27-2)14-29-19/h6-9,13-14,16-17H,3-5,10-12H2,1H3,(H,30,34,36)(H,31,35,37)/t16-,17-/m1/s1. The molecule has 4 aromatic heterocycles. The van der Waals surface area contributed by atoms with Crippen LogP contribution in [0.2, 0.25) is 0 Å². The van der Waals surface area contributed by atoms with Crippen molar-refractivity contribution in [1.29, 1.82) is 0 Å². The zero-order valence-corrected chi connectivity index (χ0v) is 22.8. The van der Waals surface area contributed by atoms with Gasteiger partial charge < -0.3 is 10.6 Å². The molecular formula is C26H25N9O2S2. The number of pyridine rings is 2. The highest BCUT2D eigenvalue weighted by atomic mass is 32.1. The van der Waals surface area contributed by atoms with Gasteiger partial charge in [-0.05, 0) is 37.8 Å². The summed E-state index contributed by atoms with van der Waals surface area (Å²) >= 11 is 2.80. The third kappa shape index (κ3) is 7.04. The molecule has 4 aromatic rings. The molecule has 13 heteroatoms. The fraction of sp³-hybridized carbons (Fsp3) is 0.346. The van der Waals surface area contributed by atoms with Crippen LogP contribution in [0.25, 0.3) is 4.85 Å². The van der Waals surface area contributed by atoms with Gasteiger partial charge in [0.15, 0.2) is 0 Å². The summed E-state index contributed by atoms with van der Waals surface area (Å²) in [6.07, 6.45) is 7.33. The molecule has 1 saturated carbocycles. The molecule has 2 amide bonds. The largest absolute Gasteiger partial charge is 0.300 e. The molecule has 39 heavy (non-hydrogen) atoms. The lowest BCUT2D eigenvalue weighted by atomic mass is 9.82. The van der Waals surface area contributed by atoms with E-state index in [9.17, 15) is 9.59 Å². The molecule has 198 valence electrons. The van der Waals surface area contributed by atoms with Crippen molar-refractivity contribution in [3.63, 3.8) is 0 Å². The molecule has 1 aliphatic rings. The third-order valence-electron chi connectivity index (χ3n) is 6.34. The highest BCUT2D eigenvalue weighted by Gasteiger charge is 2.29. The van der Waals surface area contributed by atoms with Gasteiger partial charge in [-0.1, -0.05) is 47.3 Å². The van der Waals surface area contributed by atoms with Crippen molar-refractivity contribution in [2.45, 2.75) is 57.3 Å². The third-order valence-corrected chi connectivity index (χ3v) is 8.34. The van der Waals surface area contributed by atoms with Crippen LogP contribution < -0.4 is 10.6 Å². The lowest BCUT2D eigenvalue weighted by Crippen LogP contribution is -2.15. The molecule has 0 aromatic carbocycles. The van der Waals surface area contributed by atoms with E-state index in [4.69, 9.17) is 6.57 Å². The van der Waals surface area contributed by atoms with Gasteiger partial charge >= 0.3 is 0 Å². The van der Waals surface area contributed by atoms with Gasteiger partial charge in [0, 0.05) is 35.6 Å². The Balaban J connectivity index is 1.14. The maximum Gasteiger partial charge on any atom is 0.232 e. The zero-order valence-electron chi connectivity index (χ0n) is 21.1. The first-order chi connectivity index (χ1) is 18.9. The van der Waals surface area contributed by atoms with Crippen molar-refractivity contribution in [2.75, 3.05) is 10.6 Å². The SMILES string of the molecule is [C-]#[N+]c1ccc(CC(=O)Nc2nnc([C@@H]3CCC[C@@H](c4nnc(NC(=O)Cc5ccc(C)cn5)s4)C3)s2)nc1. The molecule has 2 atom stereocenters. The summed E-state index contributed by atoms with van der Waals surface area (Å²) in [6, 6.07) is 7.10. The van der Waals surface area contributed by atoms with E-state index in [1.54, 1.807) is 18.3 Å². The first kappa shape index (κ1) is 26.5. The number of aromatic nitrogens is 6. The average molecular weight is 560 g/mol. The van der Waals surface area contributed by atoms with Gasteiger partial charge in [-0.25, -0.2) is 4.85 Å². The molecule has 2 N–H and O–H groups in total. The lowest BCUT2D eigenvalue weighted by molar-refractivity contribution is -0.116. The van der Waals surface area contributed by atoms with E-state index in [0.717, 1.165) is 41.3 Å². The molecule has 0 bridgehead atoms. The van der Waals surface area contributed by atoms with Crippen LogP contribution in [-0.4, -0.2) is 42.2 Å². The van der Waals surface area contributed by atoms with Crippen molar-refractivity contribution in [3.05, 3.63) is 75.0 Å². The highest BCUT2D eigenvalue weighted by Crippen LogP contribution is 2.43. The summed E-state index contributed by atoms with van der Waals surface area (Å²) in [6.45, 7) is 8.94. The molecule has 1 fully saturated rings. The van der Waals surface area contributed by atoms with Crippen molar-refractivity contribution >= 4 is 50.4 Å². The van der Waals surface area contributed by atoms with Crippen molar-refractivity contribution < 1.29 is 9.59 Å². The predicted octanol–water partition coefficient (Wildman–Crippen LogP) is 4.84. The number of carbonyl (C=O) groups is 2. The van der Waals surface area contributed by atoms with E-state index in [0.29, 0.717) is 27.3 Å². The number of nitrogens with zero attached hydrogens (tertiary/aromatic N) is 7. The fourth-order valence-electron chi connectivity index (χ4n) is 4.38. The Hall–Kier alpha value is -4.15. The minimum Gasteiger partial charge on any atom is -0.300 e. The monoisotopic (exact) mass is 559 g/mol. The van der Waals surface area contributed by atoms with Crippen LogP contribution in [0.5, 0.6) is 0 Å². The van der Waals surface area contributed by atoms with Crippen molar-refractivity contribution in [1.82, 2.24) is 30.4 Å². The van der Waals surface area contributed by atoms with Gasteiger partial charge in [0.2, 0.25) is 27.8 Å². The molecule has 11 nitrogen and oxygen atoms in total. The molecule has 0 spiro atoms. The summed E-state index contributed by atoms with van der Waals surface area (Å²) in [7, 11) is 0. The Bertz CT molecular complexity index is 1490. The van der Waals surface area contributed by atoms with E-state index < -0.39 is 0 Å². The number of hydrogen-bond acceptors (Lipinski definition) is 10. The summed E-state index contributed by atoms with van der Waals surface area (Å²) in [5.74, 6) is 0.0282. The average Bonchev–Trinajstić information content (AvgIpc) is 3.60. The molecule has 0 unspecified atom stereocenters. The second-order valence-electron chi connectivity index (χ2n) is 9.35. The minimum absolute atomic E-state index is 0.0934. The Kier molecular flexibility index (Phi) is 8.24. The number of hydrogen-bond donors (Lipinski definition) is 2. The van der Waals surface area contributed by atoms with Gasteiger partial charge in [0.25, 0.3) is 0 Å². The summed E-state index contributed by atoms with van der Waals surface area (Å²) < 4.78 is 0. The van der Waals surface area contributed by atoms with Gasteiger partial charge in [0.1, 0.15) is 10.0 Å². The number of nitrogens with one attached hydrogen (secondary N) is 2. The van der Waals surface area contributed by atoms with Gasteiger partial charge in [-0.15, -0.1) is 20.4 Å². The topological polar surface area (TPSA) is 140 Å². The van der Waals surface area contributed by atoms with Crippen LogP contribution in [0.15, 0.2) is 36.7 Å². The summed E-state index contributed by atoms with van der Waals surface area (Å²) in [5.41, 5.74) is 2.77. The number of aryl methyl sites for hydroxylation is 1. The summed E-state index contributed by atoms with van der Waals surface area (Å²) in [4.78, 5) is 36.6. The molecule has 0 radical (unpaired) electrons. The maximum absolute atomic E-state index is 12.4. The van der Waals surface area contributed by atoms with Crippen LogP contribution in [-0.2, 0) is 22.4 Å². The van der Waals surface area contributed by atoms with E-state index in [-0.39, 0.29) is 36.5 Å². The minimum atomic E-state index is -0.233. The number of carbonyl (C=O) groups excluding carboxylic acids is 2. The first-order valence-electron chi connectivity index (χ1n) is 12.5. The van der Waals surface area contributed by atoms with Gasteiger partial charge in [-0.2, -0.15) is 0 Å². The number of rotatable bonds is 8. The van der Waals surface area contributed by atoms with Gasteiger partial charge in [-0.3, -0.25) is 19.6 Å². The normalized spacial score (nSPS) is 16.8. The molecule has 5 rings (SSSR count). The predicted molar refractivity (Wildman–Crippen MR) is 148 cm³/mol. The van der Waals surface area contributed by atoms with Crippen LogP contribution >= 0.6 is 22.7 Å². The number of amides is 2. The van der Waals surface area contributed by atoms with Crippen molar-refractivity contribution in [2.24, 2.45) is 0 Å². The number of anilines is 2. The zero-order chi connectivity index (χ0) is 27.2. The Morgan fingerprint density at radius 3 is 1.92 bits per heavy atom. The lowest BCUT2D eigenvalue weighted by Gasteiger charge is -2.25. The second kappa shape index (κ2) is 12.1. The maximum atomic E-state index is 12.4. The smallest absolute Gasteiger partial charge is 0.232 e. The molecular weight excluding hydrogens is 534 g/mol. The van der Waals surface area contributed by atoms with E-state index in [1.165, 1.54) is 28.9 Å². The Morgan fingerprint density at radius 1 is 0.872 bits per heavy atom.